The number of anilines is 1. The minimum atomic E-state index is -0.512. The zero-order valence-corrected chi connectivity index (χ0v) is 18.7. The molecule has 0 saturated carbocycles. The molecule has 1 amide bonds. The fraction of sp³-hybridized carbons (Fsp3) is 0.417. The molecule has 31 heavy (non-hydrogen) atoms. The summed E-state index contributed by atoms with van der Waals surface area (Å²) < 4.78 is 28.2. The van der Waals surface area contributed by atoms with Crippen LogP contribution in [0.1, 0.15) is 44.7 Å². The maximum absolute atomic E-state index is 14.4. The number of carbonyl (C=O) groups is 1. The second-order valence-corrected chi connectivity index (χ2v) is 8.98. The number of amides is 1. The average Bonchev–Trinajstić information content (AvgIpc) is 3.23. The summed E-state index contributed by atoms with van der Waals surface area (Å²) in [6, 6.07) is 10.4. The van der Waals surface area contributed by atoms with Crippen LogP contribution in [0.3, 0.4) is 0 Å². The van der Waals surface area contributed by atoms with Gasteiger partial charge in [0.25, 0.3) is 0 Å². The Morgan fingerprint density at radius 1 is 1.29 bits per heavy atom. The molecule has 0 aliphatic carbocycles. The first-order chi connectivity index (χ1) is 14.7. The Balaban J connectivity index is 1.93. The van der Waals surface area contributed by atoms with E-state index in [1.54, 1.807) is 18.2 Å². The smallest absolute Gasteiger partial charge is 0.228 e. The topological polar surface area (TPSA) is 47.3 Å². The fourth-order valence-corrected chi connectivity index (χ4v) is 4.03. The summed E-state index contributed by atoms with van der Waals surface area (Å²) in [5.74, 6) is -0.918. The average molecular weight is 446 g/mol. The molecule has 3 rings (SSSR count). The van der Waals surface area contributed by atoms with Gasteiger partial charge in [0, 0.05) is 42.3 Å². The summed E-state index contributed by atoms with van der Waals surface area (Å²) in [5.41, 5.74) is 0.808. The minimum Gasteiger partial charge on any atom is -0.362 e. The lowest BCUT2D eigenvalue weighted by Gasteiger charge is -2.33. The first-order valence-corrected chi connectivity index (χ1v) is 10.7. The molecule has 0 aromatic heterocycles. The molecule has 1 aliphatic heterocycles. The molecule has 2 aromatic carbocycles. The van der Waals surface area contributed by atoms with Crippen LogP contribution in [-0.4, -0.2) is 29.9 Å². The van der Waals surface area contributed by atoms with E-state index in [0.29, 0.717) is 35.8 Å². The third-order valence-electron chi connectivity index (χ3n) is 6.11. The largest absolute Gasteiger partial charge is 0.362 e. The summed E-state index contributed by atoms with van der Waals surface area (Å²) in [6.07, 6.45) is 1.43. The summed E-state index contributed by atoms with van der Waals surface area (Å²) in [5, 5.41) is 9.47. The van der Waals surface area contributed by atoms with Crippen molar-refractivity contribution in [1.29, 1.82) is 5.26 Å². The van der Waals surface area contributed by atoms with Crippen molar-refractivity contribution in [3.05, 3.63) is 64.2 Å². The predicted octanol–water partition coefficient (Wildman–Crippen LogP) is 5.53. The zero-order valence-electron chi connectivity index (χ0n) is 18.0. The van der Waals surface area contributed by atoms with Crippen LogP contribution >= 0.6 is 11.6 Å². The van der Waals surface area contributed by atoms with E-state index in [9.17, 15) is 18.8 Å². The van der Waals surface area contributed by atoms with E-state index in [1.165, 1.54) is 6.07 Å². The first kappa shape index (κ1) is 23.0. The Labute approximate surface area is 187 Å². The van der Waals surface area contributed by atoms with Gasteiger partial charge in [-0.2, -0.15) is 5.26 Å². The van der Waals surface area contributed by atoms with Gasteiger partial charge in [0.2, 0.25) is 5.91 Å². The van der Waals surface area contributed by atoms with Crippen molar-refractivity contribution in [3.8, 4) is 6.07 Å². The lowest BCUT2D eigenvalue weighted by molar-refractivity contribution is -0.139. The summed E-state index contributed by atoms with van der Waals surface area (Å²) in [6.45, 7) is 7.06. The van der Waals surface area contributed by atoms with Gasteiger partial charge in [-0.15, -0.1) is 0 Å². The van der Waals surface area contributed by atoms with Gasteiger partial charge in [-0.1, -0.05) is 32.4 Å². The SMILES string of the molecule is CCC(C)(C)C(=O)N1CCC(N(Cc2cc(F)ccc2F)c2ccc(C#N)c(Cl)c2)C1. The van der Waals surface area contributed by atoms with Crippen LogP contribution in [0.15, 0.2) is 36.4 Å². The number of nitriles is 1. The van der Waals surface area contributed by atoms with Crippen LogP contribution in [0.25, 0.3) is 0 Å². The molecule has 7 heteroatoms. The molecule has 0 radical (unpaired) electrons. The Morgan fingerprint density at radius 3 is 2.68 bits per heavy atom. The van der Waals surface area contributed by atoms with E-state index >= 15 is 0 Å². The molecular formula is C24H26ClF2N3O. The normalized spacial score (nSPS) is 16.3. The van der Waals surface area contributed by atoms with Crippen molar-refractivity contribution in [2.45, 2.75) is 46.2 Å². The molecule has 0 spiro atoms. The Kier molecular flexibility index (Phi) is 6.86. The number of halogens is 3. The van der Waals surface area contributed by atoms with Gasteiger partial charge in [0.1, 0.15) is 17.7 Å². The zero-order chi connectivity index (χ0) is 22.8. The highest BCUT2D eigenvalue weighted by molar-refractivity contribution is 6.32. The number of hydrogen-bond donors (Lipinski definition) is 0. The highest BCUT2D eigenvalue weighted by Crippen LogP contribution is 2.32. The molecule has 1 fully saturated rings. The maximum Gasteiger partial charge on any atom is 0.228 e. The second-order valence-electron chi connectivity index (χ2n) is 8.57. The molecular weight excluding hydrogens is 420 g/mol. The van der Waals surface area contributed by atoms with E-state index in [-0.39, 0.29) is 24.1 Å². The third kappa shape index (κ3) is 4.99. The van der Waals surface area contributed by atoms with Crippen molar-refractivity contribution >= 4 is 23.2 Å². The maximum atomic E-state index is 14.4. The molecule has 1 aliphatic rings. The van der Waals surface area contributed by atoms with E-state index < -0.39 is 17.0 Å². The Bertz CT molecular complexity index is 1020. The lowest BCUT2D eigenvalue weighted by atomic mass is 9.88. The van der Waals surface area contributed by atoms with Crippen LogP contribution in [0.2, 0.25) is 5.02 Å². The van der Waals surface area contributed by atoms with Crippen molar-refractivity contribution in [3.63, 3.8) is 0 Å². The standard InChI is InChI=1S/C24H26ClF2N3O/c1-4-24(2,3)23(31)29-10-9-20(15-29)30(14-17-11-18(26)6-8-22(17)27)19-7-5-16(13-28)21(25)12-19/h5-8,11-12,20H,4,9-10,14-15H2,1-3H3. The van der Waals surface area contributed by atoms with Gasteiger partial charge in [-0.05, 0) is 49.2 Å². The first-order valence-electron chi connectivity index (χ1n) is 10.4. The molecule has 4 nitrogen and oxygen atoms in total. The van der Waals surface area contributed by atoms with Crippen LogP contribution in [0, 0.1) is 28.4 Å². The van der Waals surface area contributed by atoms with Crippen molar-refractivity contribution in [2.24, 2.45) is 5.41 Å². The van der Waals surface area contributed by atoms with Crippen molar-refractivity contribution < 1.29 is 13.6 Å². The van der Waals surface area contributed by atoms with E-state index in [0.717, 1.165) is 18.6 Å². The van der Waals surface area contributed by atoms with Crippen molar-refractivity contribution in [2.75, 3.05) is 18.0 Å². The number of likely N-dealkylation sites (tertiary alicyclic amines) is 1. The molecule has 1 saturated heterocycles. The number of nitrogens with zero attached hydrogens (tertiary/aromatic N) is 3. The lowest BCUT2D eigenvalue weighted by Crippen LogP contribution is -2.42. The fourth-order valence-electron chi connectivity index (χ4n) is 3.81. The number of benzene rings is 2. The predicted molar refractivity (Wildman–Crippen MR) is 118 cm³/mol. The minimum absolute atomic E-state index is 0.0900. The highest BCUT2D eigenvalue weighted by Gasteiger charge is 2.37. The molecule has 1 unspecified atom stereocenters. The summed E-state index contributed by atoms with van der Waals surface area (Å²) in [4.78, 5) is 16.7. The van der Waals surface area contributed by atoms with Gasteiger partial charge >= 0.3 is 0 Å². The summed E-state index contributed by atoms with van der Waals surface area (Å²) in [7, 11) is 0. The quantitative estimate of drug-likeness (QED) is 0.587. The molecule has 0 N–H and O–H groups in total. The molecule has 1 atom stereocenters. The Morgan fingerprint density at radius 2 is 2.03 bits per heavy atom. The summed E-state index contributed by atoms with van der Waals surface area (Å²) >= 11 is 6.25. The highest BCUT2D eigenvalue weighted by atomic mass is 35.5. The van der Waals surface area contributed by atoms with Gasteiger partial charge in [-0.3, -0.25) is 4.79 Å². The van der Waals surface area contributed by atoms with Crippen LogP contribution in [0.4, 0.5) is 14.5 Å². The number of carbonyl (C=O) groups excluding carboxylic acids is 1. The van der Waals surface area contributed by atoms with Gasteiger partial charge < -0.3 is 9.80 Å². The molecule has 164 valence electrons. The van der Waals surface area contributed by atoms with Gasteiger partial charge in [-0.25, -0.2) is 8.78 Å². The van der Waals surface area contributed by atoms with Crippen molar-refractivity contribution in [1.82, 2.24) is 4.90 Å². The third-order valence-corrected chi connectivity index (χ3v) is 6.42. The van der Waals surface area contributed by atoms with Crippen LogP contribution in [-0.2, 0) is 11.3 Å². The number of rotatable bonds is 6. The van der Waals surface area contributed by atoms with E-state index in [1.807, 2.05) is 36.6 Å². The Hall–Kier alpha value is -2.65. The molecule has 2 aromatic rings. The van der Waals surface area contributed by atoms with Crippen LogP contribution in [0.5, 0.6) is 0 Å². The monoisotopic (exact) mass is 445 g/mol. The van der Waals surface area contributed by atoms with Gasteiger partial charge in [0.15, 0.2) is 0 Å². The van der Waals surface area contributed by atoms with E-state index in [2.05, 4.69) is 0 Å². The van der Waals surface area contributed by atoms with Crippen LogP contribution < -0.4 is 4.90 Å². The molecule has 1 heterocycles. The molecule has 0 bridgehead atoms. The number of hydrogen-bond acceptors (Lipinski definition) is 3. The van der Waals surface area contributed by atoms with Gasteiger partial charge in [0.05, 0.1) is 10.6 Å². The second kappa shape index (κ2) is 9.23. The van der Waals surface area contributed by atoms with E-state index in [4.69, 9.17) is 11.6 Å².